The van der Waals surface area contributed by atoms with Crippen molar-refractivity contribution in [1.82, 2.24) is 0 Å². The minimum atomic E-state index is -2.41. The zero-order valence-electron chi connectivity index (χ0n) is 15.4. The highest BCUT2D eigenvalue weighted by atomic mass is 16.6. The van der Waals surface area contributed by atoms with Gasteiger partial charge in [-0.2, -0.15) is 0 Å². The Morgan fingerprint density at radius 2 is 1.75 bits per heavy atom. The van der Waals surface area contributed by atoms with Crippen LogP contribution in [0, 0.1) is 0 Å². The summed E-state index contributed by atoms with van der Waals surface area (Å²) in [5.41, 5.74) is -1.11. The van der Waals surface area contributed by atoms with E-state index in [0.29, 0.717) is 0 Å². The molecule has 0 aliphatic carbocycles. The highest BCUT2D eigenvalue weighted by Gasteiger charge is 2.57. The number of hydrogen-bond acceptors (Lipinski definition) is 5. The van der Waals surface area contributed by atoms with E-state index in [0.717, 1.165) is 11.1 Å². The fourth-order valence-electron chi connectivity index (χ4n) is 2.70. The Morgan fingerprint density at radius 1 is 1.17 bits per heavy atom. The van der Waals surface area contributed by atoms with E-state index in [2.05, 4.69) is 0 Å². The van der Waals surface area contributed by atoms with E-state index in [-0.39, 0.29) is 28.7 Å². The molecular weight excluding hydrogens is 308 g/mol. The molecule has 0 radical (unpaired) electrons. The van der Waals surface area contributed by atoms with Gasteiger partial charge in [0.15, 0.2) is 0 Å². The van der Waals surface area contributed by atoms with Crippen LogP contribution in [0.4, 0.5) is 0 Å². The van der Waals surface area contributed by atoms with Crippen LogP contribution >= 0.6 is 0 Å². The first-order chi connectivity index (χ1) is 10.8. The molecule has 1 aromatic rings. The standard InChI is InChI=1S/C19H26O5/c1-8-23-15(20)19(22)13-10-11(17(2,3)4)9-12(18(5,6)7)14(13)24-16(19)21/h9-10,22H,8H2,1-7H3. The summed E-state index contributed by atoms with van der Waals surface area (Å²) in [6.07, 6.45) is 0. The average Bonchev–Trinajstić information content (AvgIpc) is 2.69. The Labute approximate surface area is 143 Å². The third-order valence-electron chi connectivity index (χ3n) is 4.21. The zero-order valence-corrected chi connectivity index (χ0v) is 15.4. The molecule has 1 atom stereocenters. The monoisotopic (exact) mass is 334 g/mol. The molecule has 1 aromatic carbocycles. The highest BCUT2D eigenvalue weighted by Crippen LogP contribution is 2.47. The second-order valence-electron chi connectivity index (χ2n) is 8.22. The molecule has 0 aromatic heterocycles. The van der Waals surface area contributed by atoms with Crippen LogP contribution in [0.5, 0.6) is 5.75 Å². The molecule has 5 heteroatoms. The molecule has 0 saturated heterocycles. The van der Waals surface area contributed by atoms with Crippen molar-refractivity contribution in [1.29, 1.82) is 0 Å². The first-order valence-electron chi connectivity index (χ1n) is 8.14. The number of carbonyl (C=O) groups excluding carboxylic acids is 2. The van der Waals surface area contributed by atoms with Gasteiger partial charge in [0.25, 0.3) is 5.60 Å². The predicted molar refractivity (Wildman–Crippen MR) is 90.0 cm³/mol. The lowest BCUT2D eigenvalue weighted by atomic mass is 9.77. The van der Waals surface area contributed by atoms with Gasteiger partial charge < -0.3 is 14.6 Å². The quantitative estimate of drug-likeness (QED) is 0.511. The normalized spacial score (nSPS) is 20.6. The SMILES string of the molecule is CCOC(=O)C1(O)C(=O)Oc2c(C(C)(C)C)cc(C(C)(C)C)cc21. The van der Waals surface area contributed by atoms with Crippen molar-refractivity contribution in [2.24, 2.45) is 0 Å². The summed E-state index contributed by atoms with van der Waals surface area (Å²) in [7, 11) is 0. The Morgan fingerprint density at radius 3 is 2.21 bits per heavy atom. The summed E-state index contributed by atoms with van der Waals surface area (Å²) in [5.74, 6) is -1.75. The predicted octanol–water partition coefficient (Wildman–Crippen LogP) is 2.95. The van der Waals surface area contributed by atoms with Gasteiger partial charge in [-0.15, -0.1) is 0 Å². The van der Waals surface area contributed by atoms with Gasteiger partial charge in [-0.1, -0.05) is 47.6 Å². The van der Waals surface area contributed by atoms with E-state index in [1.807, 2.05) is 47.6 Å². The van der Waals surface area contributed by atoms with Crippen molar-refractivity contribution in [3.8, 4) is 5.75 Å². The van der Waals surface area contributed by atoms with Crippen LogP contribution < -0.4 is 4.74 Å². The Balaban J connectivity index is 2.79. The van der Waals surface area contributed by atoms with Gasteiger partial charge in [-0.05, 0) is 29.4 Å². The average molecular weight is 334 g/mol. The van der Waals surface area contributed by atoms with Crippen molar-refractivity contribution in [2.45, 2.75) is 64.9 Å². The molecule has 0 saturated carbocycles. The number of rotatable bonds is 2. The van der Waals surface area contributed by atoms with E-state index in [1.165, 1.54) is 0 Å². The smallest absolute Gasteiger partial charge is 0.360 e. The largest absolute Gasteiger partial charge is 0.463 e. The lowest BCUT2D eigenvalue weighted by Crippen LogP contribution is -2.43. The number of fused-ring (bicyclic) bond motifs is 1. The summed E-state index contributed by atoms with van der Waals surface area (Å²) in [5, 5.41) is 10.8. The Kier molecular flexibility index (Phi) is 4.30. The van der Waals surface area contributed by atoms with Crippen molar-refractivity contribution < 1.29 is 24.2 Å². The van der Waals surface area contributed by atoms with Gasteiger partial charge in [-0.3, -0.25) is 0 Å². The van der Waals surface area contributed by atoms with Gasteiger partial charge in [0.05, 0.1) is 6.61 Å². The van der Waals surface area contributed by atoms with Crippen LogP contribution in [0.25, 0.3) is 0 Å². The molecule has 0 spiro atoms. The number of esters is 2. The van der Waals surface area contributed by atoms with Gasteiger partial charge in [0.1, 0.15) is 5.75 Å². The van der Waals surface area contributed by atoms with Gasteiger partial charge in [0, 0.05) is 11.1 Å². The zero-order chi connectivity index (χ0) is 18.5. The second kappa shape index (κ2) is 5.59. The molecule has 1 heterocycles. The molecule has 0 amide bonds. The summed E-state index contributed by atoms with van der Waals surface area (Å²) in [6.45, 7) is 13.7. The minimum absolute atomic E-state index is 0.0643. The first-order valence-corrected chi connectivity index (χ1v) is 8.14. The van der Waals surface area contributed by atoms with Crippen molar-refractivity contribution in [3.05, 3.63) is 28.8 Å². The fourth-order valence-corrected chi connectivity index (χ4v) is 2.70. The Hall–Kier alpha value is -1.88. The number of hydrogen-bond donors (Lipinski definition) is 1. The second-order valence-corrected chi connectivity index (χ2v) is 8.22. The lowest BCUT2D eigenvalue weighted by Gasteiger charge is -2.27. The molecule has 2 rings (SSSR count). The summed E-state index contributed by atoms with van der Waals surface area (Å²) in [4.78, 5) is 24.6. The van der Waals surface area contributed by atoms with Crippen molar-refractivity contribution in [3.63, 3.8) is 0 Å². The van der Waals surface area contributed by atoms with E-state index >= 15 is 0 Å². The summed E-state index contributed by atoms with van der Waals surface area (Å²) in [6, 6.07) is 3.65. The molecule has 5 nitrogen and oxygen atoms in total. The third kappa shape index (κ3) is 2.81. The maximum atomic E-state index is 12.3. The molecule has 132 valence electrons. The van der Waals surface area contributed by atoms with Gasteiger partial charge in [-0.25, -0.2) is 9.59 Å². The number of ether oxygens (including phenoxy) is 2. The summed E-state index contributed by atoms with van der Waals surface area (Å²) < 4.78 is 10.2. The molecule has 0 bridgehead atoms. The molecule has 1 N–H and O–H groups in total. The van der Waals surface area contributed by atoms with Crippen LogP contribution in [0.2, 0.25) is 0 Å². The third-order valence-corrected chi connectivity index (χ3v) is 4.21. The topological polar surface area (TPSA) is 72.8 Å². The maximum absolute atomic E-state index is 12.3. The minimum Gasteiger partial charge on any atom is -0.463 e. The van der Waals surface area contributed by atoms with Crippen LogP contribution in [-0.2, 0) is 30.8 Å². The van der Waals surface area contributed by atoms with Crippen LogP contribution in [-0.4, -0.2) is 23.7 Å². The number of aliphatic hydroxyl groups is 1. The molecule has 1 unspecified atom stereocenters. The number of benzene rings is 1. The lowest BCUT2D eigenvalue weighted by molar-refractivity contribution is -0.176. The van der Waals surface area contributed by atoms with E-state index in [1.54, 1.807) is 13.0 Å². The molecule has 24 heavy (non-hydrogen) atoms. The molecule has 1 aliphatic heterocycles. The van der Waals surface area contributed by atoms with Gasteiger partial charge in [0.2, 0.25) is 0 Å². The van der Waals surface area contributed by atoms with E-state index in [4.69, 9.17) is 9.47 Å². The fraction of sp³-hybridized carbons (Fsp3) is 0.579. The molecule has 1 aliphatic rings. The van der Waals surface area contributed by atoms with Crippen LogP contribution in [0.15, 0.2) is 12.1 Å². The van der Waals surface area contributed by atoms with Crippen molar-refractivity contribution in [2.75, 3.05) is 6.61 Å². The highest BCUT2D eigenvalue weighted by molar-refractivity contribution is 6.08. The molecule has 0 fully saturated rings. The molecular formula is C19H26O5. The van der Waals surface area contributed by atoms with Crippen LogP contribution in [0.3, 0.4) is 0 Å². The maximum Gasteiger partial charge on any atom is 0.360 e. The van der Waals surface area contributed by atoms with E-state index < -0.39 is 17.5 Å². The summed E-state index contributed by atoms with van der Waals surface area (Å²) >= 11 is 0. The number of carbonyl (C=O) groups is 2. The van der Waals surface area contributed by atoms with E-state index in [9.17, 15) is 14.7 Å². The van der Waals surface area contributed by atoms with Crippen molar-refractivity contribution >= 4 is 11.9 Å². The Bertz CT molecular complexity index is 691. The first kappa shape index (κ1) is 18.5. The van der Waals surface area contributed by atoms with Crippen LogP contribution in [0.1, 0.15) is 65.2 Å². The van der Waals surface area contributed by atoms with Gasteiger partial charge >= 0.3 is 11.9 Å².